The fourth-order valence-electron chi connectivity index (χ4n) is 3.45. The molecule has 2 aromatic carbocycles. The van der Waals surface area contributed by atoms with E-state index in [1.807, 2.05) is 29.2 Å². The highest BCUT2D eigenvalue weighted by molar-refractivity contribution is 6.32. The molecule has 5 nitrogen and oxygen atoms in total. The highest BCUT2D eigenvalue weighted by Gasteiger charge is 2.21. The van der Waals surface area contributed by atoms with Crippen LogP contribution in [0, 0.1) is 0 Å². The number of fused-ring (bicyclic) bond motifs is 1. The van der Waals surface area contributed by atoms with E-state index in [0.29, 0.717) is 37.0 Å². The number of nitrogens with one attached hydrogen (secondary N) is 1. The maximum absolute atomic E-state index is 11.8. The van der Waals surface area contributed by atoms with Gasteiger partial charge in [0.25, 0.3) is 0 Å². The Kier molecular flexibility index (Phi) is 5.50. The van der Waals surface area contributed by atoms with Crippen molar-refractivity contribution in [2.24, 2.45) is 0 Å². The second-order valence-corrected chi connectivity index (χ2v) is 7.28. The summed E-state index contributed by atoms with van der Waals surface area (Å²) in [6.45, 7) is 3.51. The van der Waals surface area contributed by atoms with Crippen LogP contribution in [0.1, 0.15) is 30.4 Å². The summed E-state index contributed by atoms with van der Waals surface area (Å²) in [5.74, 6) is 1.58. The van der Waals surface area contributed by atoms with E-state index in [4.69, 9.17) is 21.1 Å². The number of amides is 1. The van der Waals surface area contributed by atoms with Crippen molar-refractivity contribution in [1.82, 2.24) is 5.32 Å². The molecule has 1 fully saturated rings. The molecule has 6 heteroatoms. The summed E-state index contributed by atoms with van der Waals surface area (Å²) in [5, 5.41) is 4.02. The van der Waals surface area contributed by atoms with Crippen molar-refractivity contribution in [3.63, 3.8) is 0 Å². The summed E-state index contributed by atoms with van der Waals surface area (Å²) in [4.78, 5) is 13.7. The van der Waals surface area contributed by atoms with E-state index >= 15 is 0 Å². The molecular formula is C21H23ClN2O3. The Morgan fingerprint density at radius 1 is 1.00 bits per heavy atom. The van der Waals surface area contributed by atoms with E-state index in [-0.39, 0.29) is 5.91 Å². The second kappa shape index (κ2) is 8.19. The molecule has 27 heavy (non-hydrogen) atoms. The van der Waals surface area contributed by atoms with Gasteiger partial charge in [-0.15, -0.1) is 0 Å². The van der Waals surface area contributed by atoms with E-state index in [0.717, 1.165) is 42.9 Å². The Labute approximate surface area is 164 Å². The third-order valence-electron chi connectivity index (χ3n) is 4.84. The monoisotopic (exact) mass is 386 g/mol. The first-order valence-electron chi connectivity index (χ1n) is 9.39. The highest BCUT2D eigenvalue weighted by atomic mass is 35.5. The molecule has 2 aliphatic rings. The van der Waals surface area contributed by atoms with Crippen molar-refractivity contribution >= 4 is 23.2 Å². The number of carbonyl (C=O) groups excluding carboxylic acids is 1. The van der Waals surface area contributed by atoms with Crippen molar-refractivity contribution in [3.05, 3.63) is 52.5 Å². The number of anilines is 1. The van der Waals surface area contributed by atoms with Crippen LogP contribution in [0.25, 0.3) is 0 Å². The van der Waals surface area contributed by atoms with E-state index in [9.17, 15) is 4.79 Å². The zero-order chi connectivity index (χ0) is 18.6. The summed E-state index contributed by atoms with van der Waals surface area (Å²) < 4.78 is 11.4. The van der Waals surface area contributed by atoms with Crippen LogP contribution < -0.4 is 19.7 Å². The quantitative estimate of drug-likeness (QED) is 0.846. The number of carbonyl (C=O) groups is 1. The lowest BCUT2D eigenvalue weighted by atomic mass is 10.1. The Hall–Kier alpha value is -2.24. The Balaban J connectivity index is 1.35. The first-order chi connectivity index (χ1) is 13.2. The van der Waals surface area contributed by atoms with Gasteiger partial charge in [0.15, 0.2) is 11.5 Å². The number of benzene rings is 2. The van der Waals surface area contributed by atoms with Gasteiger partial charge in [-0.05, 0) is 41.8 Å². The molecule has 0 atom stereocenters. The minimum atomic E-state index is 0.215. The maximum Gasteiger partial charge on any atom is 0.227 e. The van der Waals surface area contributed by atoms with E-state index in [2.05, 4.69) is 17.4 Å². The fraction of sp³-hybridized carbons (Fsp3) is 0.381. The molecule has 2 aromatic rings. The molecule has 1 saturated heterocycles. The third kappa shape index (κ3) is 4.20. The lowest BCUT2D eigenvalue weighted by Gasteiger charge is -2.16. The first kappa shape index (κ1) is 18.1. The standard InChI is InChI=1S/C21H23ClN2O3/c22-18-11-16(12-19-21(18)27-10-2-9-26-19)14-23-13-15-4-6-17(7-5-15)24-8-1-3-20(24)25/h4-7,11-12,23H,1-3,8-10,13-14H2. The third-order valence-corrected chi connectivity index (χ3v) is 5.12. The van der Waals surface area contributed by atoms with Gasteiger partial charge in [-0.25, -0.2) is 0 Å². The van der Waals surface area contributed by atoms with Crippen LogP contribution in [0.4, 0.5) is 5.69 Å². The van der Waals surface area contributed by atoms with Gasteiger partial charge in [-0.3, -0.25) is 4.79 Å². The van der Waals surface area contributed by atoms with Crippen molar-refractivity contribution in [2.45, 2.75) is 32.4 Å². The molecule has 2 aliphatic heterocycles. The summed E-state index contributed by atoms with van der Waals surface area (Å²) >= 11 is 6.34. The van der Waals surface area contributed by atoms with Crippen LogP contribution >= 0.6 is 11.6 Å². The Morgan fingerprint density at radius 3 is 2.56 bits per heavy atom. The lowest BCUT2D eigenvalue weighted by Crippen LogP contribution is -2.23. The summed E-state index contributed by atoms with van der Waals surface area (Å²) in [6.07, 6.45) is 2.46. The molecule has 0 radical (unpaired) electrons. The molecule has 0 aromatic heterocycles. The largest absolute Gasteiger partial charge is 0.489 e. The van der Waals surface area contributed by atoms with Gasteiger partial charge >= 0.3 is 0 Å². The fourth-order valence-corrected chi connectivity index (χ4v) is 3.74. The number of nitrogens with zero attached hydrogens (tertiary/aromatic N) is 1. The molecule has 1 amide bonds. The number of hydrogen-bond acceptors (Lipinski definition) is 4. The van der Waals surface area contributed by atoms with Gasteiger partial charge in [0, 0.05) is 38.2 Å². The van der Waals surface area contributed by atoms with Gasteiger partial charge in [0.1, 0.15) is 0 Å². The SMILES string of the molecule is O=C1CCCN1c1ccc(CNCc2cc(Cl)c3c(c2)OCCCO3)cc1. The Morgan fingerprint density at radius 2 is 1.78 bits per heavy atom. The van der Waals surface area contributed by atoms with Gasteiger partial charge in [-0.2, -0.15) is 0 Å². The van der Waals surface area contributed by atoms with Crippen molar-refractivity contribution in [1.29, 1.82) is 0 Å². The molecule has 1 N–H and O–H groups in total. The second-order valence-electron chi connectivity index (χ2n) is 6.87. The zero-order valence-corrected chi connectivity index (χ0v) is 15.9. The van der Waals surface area contributed by atoms with E-state index in [1.165, 1.54) is 5.56 Å². The predicted octanol–water partition coefficient (Wildman–Crippen LogP) is 3.92. The van der Waals surface area contributed by atoms with Gasteiger partial charge in [0.05, 0.1) is 18.2 Å². The minimum Gasteiger partial charge on any atom is -0.489 e. The van der Waals surface area contributed by atoms with Crippen molar-refractivity contribution in [2.75, 3.05) is 24.7 Å². The van der Waals surface area contributed by atoms with Gasteiger partial charge in [-0.1, -0.05) is 23.7 Å². The first-order valence-corrected chi connectivity index (χ1v) is 9.76. The number of hydrogen-bond donors (Lipinski definition) is 1. The number of rotatable bonds is 5. The smallest absolute Gasteiger partial charge is 0.227 e. The van der Waals surface area contributed by atoms with Crippen LogP contribution in [0.2, 0.25) is 5.02 Å². The zero-order valence-electron chi connectivity index (χ0n) is 15.2. The topological polar surface area (TPSA) is 50.8 Å². The van der Waals surface area contributed by atoms with Crippen molar-refractivity contribution < 1.29 is 14.3 Å². The average molecular weight is 387 g/mol. The number of halogens is 1. The molecular weight excluding hydrogens is 364 g/mol. The molecule has 0 spiro atoms. The molecule has 0 bridgehead atoms. The molecule has 4 rings (SSSR count). The van der Waals surface area contributed by atoms with Crippen LogP contribution in [0.15, 0.2) is 36.4 Å². The summed E-state index contributed by atoms with van der Waals surface area (Å²) in [7, 11) is 0. The normalized spacial score (nSPS) is 16.5. The molecule has 142 valence electrons. The minimum absolute atomic E-state index is 0.215. The van der Waals surface area contributed by atoms with Crippen molar-refractivity contribution in [3.8, 4) is 11.5 Å². The average Bonchev–Trinajstić information content (AvgIpc) is 2.95. The predicted molar refractivity (Wildman–Crippen MR) is 106 cm³/mol. The Bertz CT molecular complexity index is 823. The highest BCUT2D eigenvalue weighted by Crippen LogP contribution is 2.38. The summed E-state index contributed by atoms with van der Waals surface area (Å²) in [6, 6.07) is 12.1. The van der Waals surface area contributed by atoms with Crippen LogP contribution in [-0.2, 0) is 17.9 Å². The van der Waals surface area contributed by atoms with E-state index in [1.54, 1.807) is 0 Å². The van der Waals surface area contributed by atoms with Gasteiger partial charge in [0.2, 0.25) is 5.91 Å². The molecule has 0 saturated carbocycles. The van der Waals surface area contributed by atoms with Crippen LogP contribution in [0.5, 0.6) is 11.5 Å². The molecule has 0 aliphatic carbocycles. The van der Waals surface area contributed by atoms with Gasteiger partial charge < -0.3 is 19.7 Å². The maximum atomic E-state index is 11.8. The van der Waals surface area contributed by atoms with E-state index < -0.39 is 0 Å². The molecule has 0 unspecified atom stereocenters. The van der Waals surface area contributed by atoms with Crippen LogP contribution in [0.3, 0.4) is 0 Å². The molecule has 2 heterocycles. The summed E-state index contributed by atoms with van der Waals surface area (Å²) in [5.41, 5.74) is 3.21. The lowest BCUT2D eigenvalue weighted by molar-refractivity contribution is -0.117. The number of ether oxygens (including phenoxy) is 2. The van der Waals surface area contributed by atoms with Crippen LogP contribution in [-0.4, -0.2) is 25.7 Å².